The average Bonchev–Trinajstić information content (AvgIpc) is 3.29. The molecule has 7 rings (SSSR count). The fraction of sp³-hybridized carbons (Fsp3) is 0.412. The molecule has 0 saturated carbocycles. The fourth-order valence-corrected chi connectivity index (χ4v) is 7.48. The first-order chi connectivity index (χ1) is 23.0. The first-order valence-electron chi connectivity index (χ1n) is 16.0. The monoisotopic (exact) mass is 717 g/mol. The van der Waals surface area contributed by atoms with Gasteiger partial charge in [-0.3, -0.25) is 34.2 Å². The highest BCUT2D eigenvalue weighted by Gasteiger charge is 2.45. The third-order valence-corrected chi connectivity index (χ3v) is 10.4. The minimum Gasteiger partial charge on any atom is -0.379 e. The van der Waals surface area contributed by atoms with Crippen LogP contribution in [0.4, 0.5) is 11.4 Å². The molecule has 3 aromatic rings. The number of benzene rings is 2. The van der Waals surface area contributed by atoms with Gasteiger partial charge >= 0.3 is 0 Å². The molecule has 4 aliphatic heterocycles. The molecular weight excluding hydrogens is 682 g/mol. The van der Waals surface area contributed by atoms with Crippen molar-refractivity contribution in [1.82, 2.24) is 24.9 Å². The summed E-state index contributed by atoms with van der Waals surface area (Å²) in [6, 6.07) is 12.9. The van der Waals surface area contributed by atoms with E-state index in [2.05, 4.69) is 72.8 Å². The maximum absolute atomic E-state index is 13.2. The number of amides is 4. The Morgan fingerprint density at radius 1 is 0.958 bits per heavy atom. The van der Waals surface area contributed by atoms with Gasteiger partial charge in [0.25, 0.3) is 17.4 Å². The van der Waals surface area contributed by atoms with Crippen LogP contribution in [0.3, 0.4) is 0 Å². The third-order valence-electron chi connectivity index (χ3n) is 9.64. The number of fused-ring (bicyclic) bond motifs is 1. The van der Waals surface area contributed by atoms with E-state index in [0.717, 1.165) is 35.7 Å². The standard InChI is InChI=1S/C34H36BrN7O6/c1-39-14-21(11-22(15-39)37-27-13-36-40(2)34(47)30(27)35)20-5-3-19(4-6-20)18-48-24-16-41(17-24)23-7-8-25-26(12-23)33(46)42(32(25)45)28-9-10-29(43)38-31(28)44/h3-8,12-13,21-22,24,28,37H,9-11,14-18H2,1-2H3,(H,38,43,44). The Hall–Kier alpha value is -4.40. The Labute approximate surface area is 285 Å². The van der Waals surface area contributed by atoms with Gasteiger partial charge in [-0.05, 0) is 71.1 Å². The molecule has 0 bridgehead atoms. The molecule has 3 atom stereocenters. The van der Waals surface area contributed by atoms with Crippen molar-refractivity contribution in [2.45, 2.75) is 50.0 Å². The highest BCUT2D eigenvalue weighted by Crippen LogP contribution is 2.33. The van der Waals surface area contributed by atoms with Crippen LogP contribution in [0.2, 0.25) is 0 Å². The van der Waals surface area contributed by atoms with Crippen LogP contribution in [0, 0.1) is 0 Å². The first kappa shape index (κ1) is 32.2. The van der Waals surface area contributed by atoms with Gasteiger partial charge in [-0.2, -0.15) is 5.10 Å². The molecule has 14 heteroatoms. The summed E-state index contributed by atoms with van der Waals surface area (Å²) in [6.07, 6.45) is 2.84. The van der Waals surface area contributed by atoms with E-state index in [9.17, 15) is 24.0 Å². The predicted octanol–water partition coefficient (Wildman–Crippen LogP) is 2.25. The first-order valence-corrected chi connectivity index (χ1v) is 16.8. The Bertz CT molecular complexity index is 1860. The van der Waals surface area contributed by atoms with Crippen LogP contribution in [0.15, 0.2) is 57.9 Å². The van der Waals surface area contributed by atoms with Crippen molar-refractivity contribution in [3.8, 4) is 0 Å². The molecule has 0 aliphatic carbocycles. The van der Waals surface area contributed by atoms with Gasteiger partial charge in [-0.25, -0.2) is 4.68 Å². The van der Waals surface area contributed by atoms with E-state index < -0.39 is 29.7 Å². The molecular formula is C34H36BrN7O6. The summed E-state index contributed by atoms with van der Waals surface area (Å²) in [4.78, 5) is 67.7. The summed E-state index contributed by atoms with van der Waals surface area (Å²) in [6.45, 7) is 3.59. The number of hydrogen-bond acceptors (Lipinski definition) is 10. The number of nitrogens with zero attached hydrogens (tertiary/aromatic N) is 5. The van der Waals surface area contributed by atoms with Gasteiger partial charge in [-0.1, -0.05) is 24.3 Å². The van der Waals surface area contributed by atoms with Crippen LogP contribution >= 0.6 is 15.9 Å². The number of hydrogen-bond donors (Lipinski definition) is 2. The van der Waals surface area contributed by atoms with E-state index in [0.29, 0.717) is 35.8 Å². The molecule has 3 unspecified atom stereocenters. The van der Waals surface area contributed by atoms with Gasteiger partial charge < -0.3 is 19.9 Å². The summed E-state index contributed by atoms with van der Waals surface area (Å²) < 4.78 is 7.97. The maximum atomic E-state index is 13.2. The lowest BCUT2D eigenvalue weighted by Gasteiger charge is -2.40. The number of aryl methyl sites for hydroxylation is 1. The van der Waals surface area contributed by atoms with Gasteiger partial charge in [0.05, 0.1) is 35.7 Å². The summed E-state index contributed by atoms with van der Waals surface area (Å²) in [5, 5.41) is 9.88. The van der Waals surface area contributed by atoms with Crippen molar-refractivity contribution in [2.24, 2.45) is 7.05 Å². The van der Waals surface area contributed by atoms with Crippen LogP contribution in [0.1, 0.15) is 57.0 Å². The summed E-state index contributed by atoms with van der Waals surface area (Å²) >= 11 is 3.41. The molecule has 2 N–H and O–H groups in total. The van der Waals surface area contributed by atoms with Gasteiger partial charge in [0.15, 0.2) is 0 Å². The molecule has 3 fully saturated rings. The lowest BCUT2D eigenvalue weighted by atomic mass is 9.88. The van der Waals surface area contributed by atoms with Gasteiger partial charge in [0.2, 0.25) is 11.8 Å². The second-order valence-corrected chi connectivity index (χ2v) is 13.8. The van der Waals surface area contributed by atoms with E-state index in [1.54, 1.807) is 25.4 Å². The molecule has 3 saturated heterocycles. The van der Waals surface area contributed by atoms with E-state index in [-0.39, 0.29) is 41.7 Å². The summed E-state index contributed by atoms with van der Waals surface area (Å²) in [5.41, 5.74) is 4.23. The topological polar surface area (TPSA) is 146 Å². The molecule has 250 valence electrons. The van der Waals surface area contributed by atoms with Crippen LogP contribution in [0.5, 0.6) is 0 Å². The lowest BCUT2D eigenvalue weighted by molar-refractivity contribution is -0.136. The Kier molecular flexibility index (Phi) is 8.64. The summed E-state index contributed by atoms with van der Waals surface area (Å²) in [5.74, 6) is -1.71. The number of likely N-dealkylation sites (tertiary alicyclic amines) is 1. The molecule has 13 nitrogen and oxygen atoms in total. The number of aromatic nitrogens is 2. The molecule has 5 heterocycles. The van der Waals surface area contributed by atoms with Crippen molar-refractivity contribution < 1.29 is 23.9 Å². The van der Waals surface area contributed by atoms with E-state index in [1.165, 1.54) is 10.2 Å². The quantitative estimate of drug-likeness (QED) is 0.333. The zero-order chi connectivity index (χ0) is 33.7. The van der Waals surface area contributed by atoms with E-state index in [4.69, 9.17) is 4.74 Å². The molecule has 2 aromatic carbocycles. The van der Waals surface area contributed by atoms with Crippen molar-refractivity contribution >= 4 is 50.9 Å². The SMILES string of the molecule is CN1CC(Nc2cnn(C)c(=O)c2Br)CC(c2ccc(COC3CN(c4ccc5c(c4)C(=O)N(C4CCC(=O)NC4=O)C5=O)C3)cc2)C1. The molecule has 0 spiro atoms. The number of carbonyl (C=O) groups is 4. The normalized spacial score (nSPS) is 23.3. The number of halogens is 1. The minimum absolute atomic E-state index is 0.0256. The maximum Gasteiger partial charge on any atom is 0.282 e. The number of carbonyl (C=O) groups excluding carboxylic acids is 4. The average molecular weight is 719 g/mol. The minimum atomic E-state index is -0.981. The molecule has 4 amide bonds. The summed E-state index contributed by atoms with van der Waals surface area (Å²) in [7, 11) is 3.74. The zero-order valence-electron chi connectivity index (χ0n) is 26.6. The van der Waals surface area contributed by atoms with Gasteiger partial charge in [0, 0.05) is 51.4 Å². The number of nitrogens with one attached hydrogen (secondary N) is 2. The second-order valence-electron chi connectivity index (χ2n) is 13.1. The fourth-order valence-electron chi connectivity index (χ4n) is 7.01. The molecule has 0 radical (unpaired) electrons. The predicted molar refractivity (Wildman–Crippen MR) is 180 cm³/mol. The van der Waals surface area contributed by atoms with Crippen molar-refractivity contribution in [3.05, 3.63) is 85.7 Å². The third kappa shape index (κ3) is 6.15. The number of piperidine rings is 2. The van der Waals surface area contributed by atoms with Crippen molar-refractivity contribution in [1.29, 1.82) is 0 Å². The Balaban J connectivity index is 0.912. The second kappa shape index (κ2) is 12.9. The molecule has 48 heavy (non-hydrogen) atoms. The van der Waals surface area contributed by atoms with Gasteiger partial charge in [0.1, 0.15) is 10.5 Å². The van der Waals surface area contributed by atoms with Crippen LogP contribution in [-0.4, -0.2) is 94.6 Å². The molecule has 4 aliphatic rings. The van der Waals surface area contributed by atoms with Crippen molar-refractivity contribution in [2.75, 3.05) is 43.4 Å². The highest BCUT2D eigenvalue weighted by atomic mass is 79.9. The van der Waals surface area contributed by atoms with Gasteiger partial charge in [-0.15, -0.1) is 0 Å². The van der Waals surface area contributed by atoms with Crippen molar-refractivity contribution in [3.63, 3.8) is 0 Å². The van der Waals surface area contributed by atoms with Crippen LogP contribution in [-0.2, 0) is 28.0 Å². The van der Waals surface area contributed by atoms with Crippen LogP contribution < -0.4 is 21.1 Å². The number of anilines is 2. The smallest absolute Gasteiger partial charge is 0.282 e. The zero-order valence-corrected chi connectivity index (χ0v) is 28.2. The van der Waals surface area contributed by atoms with E-state index in [1.807, 2.05) is 6.07 Å². The lowest BCUT2D eigenvalue weighted by Crippen LogP contribution is -2.54. The highest BCUT2D eigenvalue weighted by molar-refractivity contribution is 9.10. The Morgan fingerprint density at radius 3 is 2.46 bits per heavy atom. The molecule has 1 aromatic heterocycles. The number of imide groups is 2. The largest absolute Gasteiger partial charge is 0.379 e. The van der Waals surface area contributed by atoms with Crippen LogP contribution in [0.25, 0.3) is 0 Å². The van der Waals surface area contributed by atoms with E-state index >= 15 is 0 Å². The number of likely N-dealkylation sites (N-methyl/N-ethyl adjacent to an activating group) is 1. The number of ether oxygens (including phenoxy) is 1. The Morgan fingerprint density at radius 2 is 1.71 bits per heavy atom. The number of rotatable bonds is 8.